The van der Waals surface area contributed by atoms with Crippen molar-refractivity contribution in [3.05, 3.63) is 89.2 Å². The molecule has 1 aliphatic rings. The summed E-state index contributed by atoms with van der Waals surface area (Å²) in [6.45, 7) is 5.41. The molecule has 0 radical (unpaired) electrons. The third-order valence-electron chi connectivity index (χ3n) is 5.14. The summed E-state index contributed by atoms with van der Waals surface area (Å²) < 4.78 is 2.22. The molecule has 2 heterocycles. The zero-order chi connectivity index (χ0) is 18.8. The van der Waals surface area contributed by atoms with Gasteiger partial charge in [0.1, 0.15) is 0 Å². The molecular formula is C23H25N3O. The molecule has 1 atom stereocenters. The lowest BCUT2D eigenvalue weighted by Crippen LogP contribution is -2.42. The number of nitrogens with zero attached hydrogens (tertiary/aromatic N) is 2. The van der Waals surface area contributed by atoms with Gasteiger partial charge in [-0.25, -0.2) is 4.79 Å². The predicted octanol–water partition coefficient (Wildman–Crippen LogP) is 4.81. The molecule has 0 unspecified atom stereocenters. The average Bonchev–Trinajstić information content (AvgIpc) is 3.11. The minimum atomic E-state index is -0.134. The highest BCUT2D eigenvalue weighted by Crippen LogP contribution is 2.36. The van der Waals surface area contributed by atoms with Crippen LogP contribution in [0.1, 0.15) is 41.8 Å². The molecule has 1 N–H and O–H groups in total. The summed E-state index contributed by atoms with van der Waals surface area (Å²) >= 11 is 0. The Balaban J connectivity index is 1.87. The van der Waals surface area contributed by atoms with E-state index in [1.54, 1.807) is 0 Å². The molecule has 4 rings (SSSR count). The monoisotopic (exact) mass is 359 g/mol. The van der Waals surface area contributed by atoms with E-state index in [9.17, 15) is 4.79 Å². The van der Waals surface area contributed by atoms with E-state index in [4.69, 9.17) is 0 Å². The van der Waals surface area contributed by atoms with Gasteiger partial charge >= 0.3 is 6.03 Å². The number of aromatic nitrogens is 1. The number of hydrogen-bond donors (Lipinski definition) is 1. The molecule has 4 heteroatoms. The van der Waals surface area contributed by atoms with E-state index in [0.29, 0.717) is 13.1 Å². The maximum atomic E-state index is 13.1. The fraction of sp³-hybridized carbons (Fsp3) is 0.261. The summed E-state index contributed by atoms with van der Waals surface area (Å²) in [5, 5.41) is 3.07. The number of amides is 2. The molecule has 1 aliphatic heterocycles. The first kappa shape index (κ1) is 17.4. The second-order valence-electron chi connectivity index (χ2n) is 7.10. The van der Waals surface area contributed by atoms with Gasteiger partial charge in [0.2, 0.25) is 0 Å². The summed E-state index contributed by atoms with van der Waals surface area (Å²) in [4.78, 5) is 15.1. The zero-order valence-electron chi connectivity index (χ0n) is 15.9. The van der Waals surface area contributed by atoms with Gasteiger partial charge in [0.15, 0.2) is 0 Å². The molecule has 138 valence electrons. The Morgan fingerprint density at radius 1 is 1.07 bits per heavy atom. The Morgan fingerprint density at radius 2 is 1.85 bits per heavy atom. The number of hydrogen-bond acceptors (Lipinski definition) is 1. The molecule has 0 fully saturated rings. The molecule has 0 saturated heterocycles. The van der Waals surface area contributed by atoms with Crippen LogP contribution in [0.2, 0.25) is 0 Å². The number of carbonyl (C=O) groups excluding carboxylic acids is 1. The number of aryl methyl sites for hydroxylation is 1. The second kappa shape index (κ2) is 7.31. The van der Waals surface area contributed by atoms with Gasteiger partial charge in [0.25, 0.3) is 0 Å². The normalized spacial score (nSPS) is 15.6. The maximum absolute atomic E-state index is 13.1. The largest absolute Gasteiger partial charge is 0.338 e. The van der Waals surface area contributed by atoms with Crippen LogP contribution in [-0.2, 0) is 6.54 Å². The van der Waals surface area contributed by atoms with Gasteiger partial charge in [0.05, 0.1) is 18.3 Å². The lowest BCUT2D eigenvalue weighted by atomic mass is 10.0. The Labute approximate surface area is 160 Å². The predicted molar refractivity (Wildman–Crippen MR) is 108 cm³/mol. The molecule has 3 aromatic rings. The molecule has 4 nitrogen and oxygen atoms in total. The fourth-order valence-electron chi connectivity index (χ4n) is 3.77. The van der Waals surface area contributed by atoms with Crippen LogP contribution in [0.3, 0.4) is 0 Å². The molecule has 1 aromatic heterocycles. The van der Waals surface area contributed by atoms with Crippen molar-refractivity contribution in [1.29, 1.82) is 0 Å². The summed E-state index contributed by atoms with van der Waals surface area (Å²) in [7, 11) is 0. The van der Waals surface area contributed by atoms with Crippen molar-refractivity contribution >= 4 is 6.03 Å². The number of para-hydroxylation sites is 1. The lowest BCUT2D eigenvalue weighted by Gasteiger charge is -2.31. The maximum Gasteiger partial charge on any atom is 0.318 e. The van der Waals surface area contributed by atoms with Crippen LogP contribution < -0.4 is 5.32 Å². The van der Waals surface area contributed by atoms with Crippen molar-refractivity contribution < 1.29 is 4.79 Å². The first-order valence-corrected chi connectivity index (χ1v) is 9.55. The minimum absolute atomic E-state index is 0.0214. The molecule has 0 bridgehead atoms. The quantitative estimate of drug-likeness (QED) is 0.716. The Kier molecular flexibility index (Phi) is 4.71. The topological polar surface area (TPSA) is 37.3 Å². The second-order valence-corrected chi connectivity index (χ2v) is 7.10. The molecular weight excluding hydrogens is 334 g/mol. The van der Waals surface area contributed by atoms with Crippen LogP contribution in [0.5, 0.6) is 0 Å². The van der Waals surface area contributed by atoms with Crippen molar-refractivity contribution in [2.45, 2.75) is 32.9 Å². The van der Waals surface area contributed by atoms with Gasteiger partial charge in [-0.15, -0.1) is 0 Å². The van der Waals surface area contributed by atoms with Gasteiger partial charge in [0, 0.05) is 18.4 Å². The number of nitrogens with one attached hydrogen (secondary N) is 1. The van der Waals surface area contributed by atoms with Gasteiger partial charge in [-0.3, -0.25) is 0 Å². The van der Waals surface area contributed by atoms with E-state index >= 15 is 0 Å². The highest BCUT2D eigenvalue weighted by Gasteiger charge is 2.32. The number of benzene rings is 2. The highest BCUT2D eigenvalue weighted by atomic mass is 16.2. The number of carbonyl (C=O) groups is 1. The van der Waals surface area contributed by atoms with Crippen LogP contribution >= 0.6 is 0 Å². The first-order chi connectivity index (χ1) is 13.2. The van der Waals surface area contributed by atoms with E-state index in [-0.39, 0.29) is 12.1 Å². The molecule has 0 spiro atoms. The van der Waals surface area contributed by atoms with E-state index in [1.807, 2.05) is 11.0 Å². The smallest absolute Gasteiger partial charge is 0.318 e. The van der Waals surface area contributed by atoms with Crippen LogP contribution in [0.25, 0.3) is 5.69 Å². The van der Waals surface area contributed by atoms with Crippen LogP contribution in [-0.4, -0.2) is 22.0 Å². The van der Waals surface area contributed by atoms with Gasteiger partial charge in [-0.05, 0) is 42.7 Å². The van der Waals surface area contributed by atoms with Crippen molar-refractivity contribution in [2.75, 3.05) is 6.54 Å². The van der Waals surface area contributed by atoms with E-state index in [0.717, 1.165) is 28.9 Å². The van der Waals surface area contributed by atoms with Crippen LogP contribution in [0.4, 0.5) is 4.79 Å². The van der Waals surface area contributed by atoms with Crippen molar-refractivity contribution in [2.24, 2.45) is 0 Å². The van der Waals surface area contributed by atoms with Crippen molar-refractivity contribution in [3.63, 3.8) is 0 Å². The Bertz CT molecular complexity index is 942. The standard InChI is InChI=1S/C23H25N3O/c1-3-14-24-23(27)26-16-19-7-4-5-8-20(19)25-15-6-9-21(25)22(26)18-12-10-17(2)11-13-18/h4-13,15,22H,3,14,16H2,1-2H3,(H,24,27)/t22-/m0/s1. The summed E-state index contributed by atoms with van der Waals surface area (Å²) in [5.41, 5.74) is 5.74. The zero-order valence-corrected chi connectivity index (χ0v) is 15.9. The molecule has 0 saturated carbocycles. The number of rotatable bonds is 3. The summed E-state index contributed by atoms with van der Waals surface area (Å²) in [6, 6.07) is 20.8. The van der Waals surface area contributed by atoms with Crippen molar-refractivity contribution in [1.82, 2.24) is 14.8 Å². The van der Waals surface area contributed by atoms with Crippen molar-refractivity contribution in [3.8, 4) is 5.69 Å². The fourth-order valence-corrected chi connectivity index (χ4v) is 3.77. The average molecular weight is 359 g/mol. The molecule has 2 amide bonds. The summed E-state index contributed by atoms with van der Waals surface area (Å²) in [5.74, 6) is 0. The minimum Gasteiger partial charge on any atom is -0.338 e. The molecule has 27 heavy (non-hydrogen) atoms. The molecule has 0 aliphatic carbocycles. The Morgan fingerprint density at radius 3 is 2.63 bits per heavy atom. The SMILES string of the molecule is CCCNC(=O)N1Cc2ccccc2-n2cccc2[C@@H]1c1ccc(C)cc1. The highest BCUT2D eigenvalue weighted by molar-refractivity contribution is 5.76. The van der Waals surface area contributed by atoms with Gasteiger partial charge < -0.3 is 14.8 Å². The summed E-state index contributed by atoms with van der Waals surface area (Å²) in [6.07, 6.45) is 3.00. The van der Waals surface area contributed by atoms with Crippen LogP contribution in [0.15, 0.2) is 66.9 Å². The van der Waals surface area contributed by atoms with Crippen LogP contribution in [0, 0.1) is 6.92 Å². The van der Waals surface area contributed by atoms with Gasteiger partial charge in [-0.2, -0.15) is 0 Å². The number of fused-ring (bicyclic) bond motifs is 3. The van der Waals surface area contributed by atoms with Gasteiger partial charge in [-0.1, -0.05) is 55.0 Å². The van der Waals surface area contributed by atoms with E-state index in [1.165, 1.54) is 5.56 Å². The van der Waals surface area contributed by atoms with E-state index in [2.05, 4.69) is 84.5 Å². The Hall–Kier alpha value is -3.01. The lowest BCUT2D eigenvalue weighted by molar-refractivity contribution is 0.180. The first-order valence-electron chi connectivity index (χ1n) is 9.55. The van der Waals surface area contributed by atoms with E-state index < -0.39 is 0 Å². The third-order valence-corrected chi connectivity index (χ3v) is 5.14. The number of urea groups is 1. The third kappa shape index (κ3) is 3.23. The molecule has 2 aromatic carbocycles.